The minimum atomic E-state index is -2.83. The van der Waals surface area contributed by atoms with Crippen LogP contribution in [0.3, 0.4) is 0 Å². The number of aryl methyl sites for hydroxylation is 2. The van der Waals surface area contributed by atoms with Crippen molar-refractivity contribution < 1.29 is 18.4 Å². The Kier molecular flexibility index (Phi) is 5.11. The maximum Gasteiger partial charge on any atom is 0.387 e. The van der Waals surface area contributed by atoms with Crippen molar-refractivity contribution in [2.75, 3.05) is 20.1 Å². The van der Waals surface area contributed by atoms with Crippen molar-refractivity contribution in [3.05, 3.63) is 47.3 Å². The first kappa shape index (κ1) is 21.2. The molecule has 3 aliphatic rings. The Morgan fingerprint density at radius 3 is 2.53 bits per heavy atom. The van der Waals surface area contributed by atoms with Gasteiger partial charge in [0.15, 0.2) is 5.84 Å². The van der Waals surface area contributed by atoms with E-state index in [2.05, 4.69) is 37.9 Å². The number of alkyl halides is 2. The van der Waals surface area contributed by atoms with Gasteiger partial charge in [0.05, 0.1) is 12.2 Å². The highest BCUT2D eigenvalue weighted by Crippen LogP contribution is 2.62. The van der Waals surface area contributed by atoms with E-state index >= 15 is 0 Å². The fourth-order valence-corrected chi connectivity index (χ4v) is 5.22. The molecule has 2 aliphatic heterocycles. The summed E-state index contributed by atoms with van der Waals surface area (Å²) in [7, 11) is 4.12. The number of rotatable bonds is 6. The van der Waals surface area contributed by atoms with Crippen molar-refractivity contribution in [2.24, 2.45) is 17.6 Å². The maximum atomic E-state index is 12.5. The van der Waals surface area contributed by atoms with Gasteiger partial charge in [-0.25, -0.2) is 0 Å². The van der Waals surface area contributed by atoms with E-state index in [1.807, 2.05) is 18.7 Å². The van der Waals surface area contributed by atoms with Crippen molar-refractivity contribution in [2.45, 2.75) is 51.5 Å². The predicted octanol–water partition coefficient (Wildman–Crippen LogP) is 3.53. The number of fused-ring (bicyclic) bond motifs is 1. The molecule has 3 heterocycles. The smallest absolute Gasteiger partial charge is 0.387 e. The van der Waals surface area contributed by atoms with Gasteiger partial charge >= 0.3 is 6.61 Å². The normalized spacial score (nSPS) is 24.3. The molecule has 0 N–H and O–H groups in total. The minimum absolute atomic E-state index is 0.0734. The summed E-state index contributed by atoms with van der Waals surface area (Å²) in [5.41, 5.74) is 2.67. The Balaban J connectivity index is 1.42. The van der Waals surface area contributed by atoms with Crippen LogP contribution in [-0.4, -0.2) is 57.9 Å². The molecule has 0 amide bonds. The first-order valence-corrected chi connectivity index (χ1v) is 11.0. The second kappa shape index (κ2) is 7.72. The zero-order valence-corrected chi connectivity index (χ0v) is 18.7. The molecule has 9 heteroatoms. The average Bonchev–Trinajstić information content (AvgIpc) is 3.33. The quantitative estimate of drug-likeness (QED) is 0.681. The topological polar surface area (TPSA) is 55.1 Å². The summed E-state index contributed by atoms with van der Waals surface area (Å²) in [6, 6.07) is 8.84. The Morgan fingerprint density at radius 1 is 1.16 bits per heavy atom. The van der Waals surface area contributed by atoms with Crippen LogP contribution in [0.1, 0.15) is 36.2 Å². The van der Waals surface area contributed by atoms with Gasteiger partial charge in [-0.05, 0) is 50.6 Å². The van der Waals surface area contributed by atoms with Crippen LogP contribution in [0, 0.1) is 12.3 Å². The molecule has 0 bridgehead atoms. The molecule has 2 spiro atoms. The fraction of sp³-hybridized carbons (Fsp3) is 0.565. The van der Waals surface area contributed by atoms with E-state index in [9.17, 15) is 8.78 Å². The summed E-state index contributed by atoms with van der Waals surface area (Å²) in [6.45, 7) is 1.78. The standard InChI is InChI=1S/C23H29F2N5O2/c1-16-12-18(26-29(16)3)14-30-20(13-17-4-6-19(7-5-17)31-21(24)25)27-32-23(30)10-11-28(2)15-22(23)8-9-22/h4-7,12,21H,8-11,13-15H2,1-3H3. The molecule has 0 radical (unpaired) electrons. The number of benzene rings is 1. The molecule has 1 atom stereocenters. The zero-order chi connectivity index (χ0) is 22.5. The molecule has 172 valence electrons. The summed E-state index contributed by atoms with van der Waals surface area (Å²) in [6.07, 6.45) is 3.67. The van der Waals surface area contributed by atoms with Gasteiger partial charge < -0.3 is 19.4 Å². The molecule has 2 aromatic rings. The maximum absolute atomic E-state index is 12.5. The number of piperidine rings is 1. The summed E-state index contributed by atoms with van der Waals surface area (Å²) in [5.74, 6) is 1.00. The van der Waals surface area contributed by atoms with E-state index in [0.29, 0.717) is 13.0 Å². The first-order valence-electron chi connectivity index (χ1n) is 11.0. The molecule has 1 saturated heterocycles. The summed E-state index contributed by atoms with van der Waals surface area (Å²) in [4.78, 5) is 11.0. The largest absolute Gasteiger partial charge is 0.435 e. The summed E-state index contributed by atoms with van der Waals surface area (Å²) < 4.78 is 31.3. The number of hydrogen-bond acceptors (Lipinski definition) is 6. The third-order valence-corrected chi connectivity index (χ3v) is 7.13. The number of nitrogens with zero attached hydrogens (tertiary/aromatic N) is 5. The van der Waals surface area contributed by atoms with Crippen LogP contribution in [-0.2, 0) is 24.9 Å². The number of likely N-dealkylation sites (tertiary alicyclic amines) is 1. The van der Waals surface area contributed by atoms with Crippen molar-refractivity contribution in [1.29, 1.82) is 0 Å². The van der Waals surface area contributed by atoms with E-state index in [4.69, 9.17) is 4.84 Å². The summed E-state index contributed by atoms with van der Waals surface area (Å²) in [5, 5.41) is 9.27. The predicted molar refractivity (Wildman–Crippen MR) is 115 cm³/mol. The van der Waals surface area contributed by atoms with Gasteiger partial charge in [0, 0.05) is 44.1 Å². The zero-order valence-electron chi connectivity index (χ0n) is 18.7. The Hall–Kier alpha value is -2.68. The highest BCUT2D eigenvalue weighted by molar-refractivity contribution is 5.86. The molecule has 1 aromatic heterocycles. The van der Waals surface area contributed by atoms with Crippen LogP contribution in [0.25, 0.3) is 0 Å². The monoisotopic (exact) mass is 445 g/mol. The Bertz CT molecular complexity index is 998. The van der Waals surface area contributed by atoms with E-state index < -0.39 is 12.3 Å². The number of halogens is 2. The van der Waals surface area contributed by atoms with Crippen molar-refractivity contribution >= 4 is 5.84 Å². The van der Waals surface area contributed by atoms with E-state index in [0.717, 1.165) is 55.1 Å². The molecular weight excluding hydrogens is 416 g/mol. The molecule has 7 nitrogen and oxygen atoms in total. The Labute approximate surface area is 186 Å². The molecular formula is C23H29F2N5O2. The Morgan fingerprint density at radius 2 is 1.91 bits per heavy atom. The van der Waals surface area contributed by atoms with E-state index in [1.54, 1.807) is 24.3 Å². The van der Waals surface area contributed by atoms with E-state index in [1.165, 1.54) is 0 Å². The second-order valence-corrected chi connectivity index (χ2v) is 9.34. The molecule has 5 rings (SSSR count). The first-order chi connectivity index (χ1) is 15.3. The van der Waals surface area contributed by atoms with Gasteiger partial charge in [-0.2, -0.15) is 13.9 Å². The third-order valence-electron chi connectivity index (χ3n) is 7.13. The molecule has 1 aliphatic carbocycles. The molecule has 2 fully saturated rings. The number of hydrogen-bond donors (Lipinski definition) is 0. The van der Waals surface area contributed by atoms with Crippen molar-refractivity contribution in [3.63, 3.8) is 0 Å². The molecule has 1 saturated carbocycles. The molecule has 1 aromatic carbocycles. The van der Waals surface area contributed by atoms with Crippen LogP contribution in [0.15, 0.2) is 35.5 Å². The minimum Gasteiger partial charge on any atom is -0.435 e. The molecule has 1 unspecified atom stereocenters. The third kappa shape index (κ3) is 3.62. The SMILES string of the molecule is Cc1cc(CN2C(Cc3ccc(OC(F)F)cc3)=NOC23CCN(C)CC32CC2)nn1C. The lowest BCUT2D eigenvalue weighted by atomic mass is 9.83. The van der Waals surface area contributed by atoms with Gasteiger partial charge in [0.2, 0.25) is 5.72 Å². The van der Waals surface area contributed by atoms with Gasteiger partial charge in [0.25, 0.3) is 0 Å². The van der Waals surface area contributed by atoms with Gasteiger partial charge in [-0.15, -0.1) is 0 Å². The highest BCUT2D eigenvalue weighted by atomic mass is 19.3. The molecule has 32 heavy (non-hydrogen) atoms. The van der Waals surface area contributed by atoms with E-state index in [-0.39, 0.29) is 11.2 Å². The number of aromatic nitrogens is 2. The lowest BCUT2D eigenvalue weighted by molar-refractivity contribution is -0.183. The van der Waals surface area contributed by atoms with Crippen LogP contribution < -0.4 is 4.74 Å². The summed E-state index contributed by atoms with van der Waals surface area (Å²) >= 11 is 0. The van der Waals surface area contributed by atoms with Crippen LogP contribution in [0.5, 0.6) is 5.75 Å². The van der Waals surface area contributed by atoms with Crippen LogP contribution >= 0.6 is 0 Å². The van der Waals surface area contributed by atoms with Gasteiger partial charge in [-0.3, -0.25) is 4.68 Å². The fourth-order valence-electron chi connectivity index (χ4n) is 5.22. The van der Waals surface area contributed by atoms with Gasteiger partial charge in [0.1, 0.15) is 5.75 Å². The highest BCUT2D eigenvalue weighted by Gasteiger charge is 2.68. The number of ether oxygens (including phenoxy) is 1. The average molecular weight is 446 g/mol. The van der Waals surface area contributed by atoms with Crippen molar-refractivity contribution in [3.8, 4) is 5.75 Å². The van der Waals surface area contributed by atoms with Crippen molar-refractivity contribution in [1.82, 2.24) is 19.6 Å². The van der Waals surface area contributed by atoms with Crippen LogP contribution in [0.2, 0.25) is 0 Å². The number of amidine groups is 1. The van der Waals surface area contributed by atoms with Crippen LogP contribution in [0.4, 0.5) is 8.78 Å². The lowest BCUT2D eigenvalue weighted by Gasteiger charge is -2.48. The second-order valence-electron chi connectivity index (χ2n) is 9.34. The number of oxime groups is 1. The van der Waals surface area contributed by atoms with Gasteiger partial charge in [-0.1, -0.05) is 17.3 Å². The lowest BCUT2D eigenvalue weighted by Crippen LogP contribution is -2.61.